The third-order valence-corrected chi connectivity index (χ3v) is 2.20. The third kappa shape index (κ3) is 3.94. The van der Waals surface area contributed by atoms with Crippen molar-refractivity contribution in [2.45, 2.75) is 25.6 Å². The smallest absolute Gasteiger partial charge is 0.419 e. The number of methoxy groups -OCH3 is 1. The molecular formula is C12H13F3O3. The molecule has 0 fully saturated rings. The Bertz CT molecular complexity index is 415. The number of benzene rings is 1. The predicted molar refractivity (Wildman–Crippen MR) is 58.2 cm³/mol. The predicted octanol–water partition coefficient (Wildman–Crippen LogP) is 3.04. The molecule has 0 aliphatic heterocycles. The van der Waals surface area contributed by atoms with Gasteiger partial charge in [-0.1, -0.05) is 12.1 Å². The van der Waals surface area contributed by atoms with Crippen LogP contribution in [0.15, 0.2) is 24.3 Å². The number of ether oxygens (including phenoxy) is 2. The Morgan fingerprint density at radius 1 is 1.33 bits per heavy atom. The van der Waals surface area contributed by atoms with E-state index in [0.717, 1.165) is 6.07 Å². The lowest BCUT2D eigenvalue weighted by Crippen LogP contribution is -2.19. The van der Waals surface area contributed by atoms with Crippen LogP contribution in [0.2, 0.25) is 0 Å². The fraction of sp³-hybridized carbons (Fsp3) is 0.417. The topological polar surface area (TPSA) is 35.5 Å². The van der Waals surface area contributed by atoms with E-state index in [-0.39, 0.29) is 12.2 Å². The summed E-state index contributed by atoms with van der Waals surface area (Å²) < 4.78 is 47.5. The summed E-state index contributed by atoms with van der Waals surface area (Å²) in [6.45, 7) is 1.50. The first-order valence-electron chi connectivity index (χ1n) is 5.24. The van der Waals surface area contributed by atoms with Gasteiger partial charge in [-0.3, -0.25) is 4.79 Å². The molecule has 1 aromatic rings. The van der Waals surface area contributed by atoms with Crippen molar-refractivity contribution in [3.05, 3.63) is 29.8 Å². The molecule has 100 valence electrons. The third-order valence-electron chi connectivity index (χ3n) is 2.20. The van der Waals surface area contributed by atoms with Crippen LogP contribution in [-0.2, 0) is 15.7 Å². The maximum Gasteiger partial charge on any atom is 0.419 e. The summed E-state index contributed by atoms with van der Waals surface area (Å²) in [5, 5.41) is 0. The van der Waals surface area contributed by atoms with E-state index in [1.165, 1.54) is 32.2 Å². The van der Waals surface area contributed by atoms with E-state index < -0.39 is 23.8 Å². The lowest BCUT2D eigenvalue weighted by atomic mass is 10.2. The van der Waals surface area contributed by atoms with E-state index in [9.17, 15) is 18.0 Å². The minimum absolute atomic E-state index is 0.108. The first-order chi connectivity index (χ1) is 8.34. The van der Waals surface area contributed by atoms with Crippen molar-refractivity contribution >= 4 is 5.97 Å². The molecule has 1 unspecified atom stereocenters. The fourth-order valence-corrected chi connectivity index (χ4v) is 1.38. The Kier molecular flexibility index (Phi) is 4.58. The molecule has 1 rings (SSSR count). The number of halogens is 3. The van der Waals surface area contributed by atoms with E-state index in [1.54, 1.807) is 0 Å². The standard InChI is InChI=1S/C12H13F3O3/c1-8(7-11(16)17-2)18-10-6-4-3-5-9(10)12(13,14)15/h3-6,8H,7H2,1-2H3. The highest BCUT2D eigenvalue weighted by atomic mass is 19.4. The van der Waals surface area contributed by atoms with Crippen molar-refractivity contribution in [3.8, 4) is 5.75 Å². The lowest BCUT2D eigenvalue weighted by molar-refractivity contribution is -0.142. The second-order valence-corrected chi connectivity index (χ2v) is 3.70. The van der Waals surface area contributed by atoms with Crippen LogP contribution in [-0.4, -0.2) is 19.2 Å². The Balaban J connectivity index is 2.81. The highest BCUT2D eigenvalue weighted by Crippen LogP contribution is 2.36. The molecule has 1 atom stereocenters. The SMILES string of the molecule is COC(=O)CC(C)Oc1ccccc1C(F)(F)F. The number of rotatable bonds is 4. The summed E-state index contributed by atoms with van der Waals surface area (Å²) in [5.41, 5.74) is -0.860. The zero-order valence-electron chi connectivity index (χ0n) is 9.95. The van der Waals surface area contributed by atoms with E-state index in [4.69, 9.17) is 4.74 Å². The van der Waals surface area contributed by atoms with Crippen LogP contribution in [0.5, 0.6) is 5.75 Å². The van der Waals surface area contributed by atoms with Gasteiger partial charge in [0.05, 0.1) is 19.1 Å². The first-order valence-corrected chi connectivity index (χ1v) is 5.24. The van der Waals surface area contributed by atoms with Gasteiger partial charge in [0.1, 0.15) is 11.9 Å². The van der Waals surface area contributed by atoms with Gasteiger partial charge in [0.15, 0.2) is 0 Å². The number of alkyl halides is 3. The van der Waals surface area contributed by atoms with Crippen LogP contribution in [0.4, 0.5) is 13.2 Å². The van der Waals surface area contributed by atoms with Gasteiger partial charge >= 0.3 is 12.1 Å². The highest BCUT2D eigenvalue weighted by Gasteiger charge is 2.34. The molecule has 0 aliphatic rings. The maximum absolute atomic E-state index is 12.7. The molecule has 0 amide bonds. The van der Waals surface area contributed by atoms with E-state index in [0.29, 0.717) is 0 Å². The van der Waals surface area contributed by atoms with E-state index in [2.05, 4.69) is 4.74 Å². The molecular weight excluding hydrogens is 249 g/mol. The number of hydrogen-bond acceptors (Lipinski definition) is 3. The normalized spacial score (nSPS) is 12.9. The van der Waals surface area contributed by atoms with Crippen molar-refractivity contribution in [3.63, 3.8) is 0 Å². The summed E-state index contributed by atoms with van der Waals surface area (Å²) in [6, 6.07) is 4.87. The van der Waals surface area contributed by atoms with E-state index in [1.807, 2.05) is 0 Å². The number of carbonyl (C=O) groups excluding carboxylic acids is 1. The summed E-state index contributed by atoms with van der Waals surface area (Å²) in [6.07, 6.45) is -5.29. The van der Waals surface area contributed by atoms with Crippen LogP contribution >= 0.6 is 0 Å². The van der Waals surface area contributed by atoms with Crippen molar-refractivity contribution < 1.29 is 27.4 Å². The Morgan fingerprint density at radius 2 is 1.94 bits per heavy atom. The monoisotopic (exact) mass is 262 g/mol. The Hall–Kier alpha value is -1.72. The molecule has 18 heavy (non-hydrogen) atoms. The molecule has 0 saturated carbocycles. The molecule has 6 heteroatoms. The summed E-state index contributed by atoms with van der Waals surface area (Å²) in [4.78, 5) is 11.0. The van der Waals surface area contributed by atoms with Crippen molar-refractivity contribution in [2.75, 3.05) is 7.11 Å². The van der Waals surface area contributed by atoms with Gasteiger partial charge in [0, 0.05) is 0 Å². The second-order valence-electron chi connectivity index (χ2n) is 3.70. The maximum atomic E-state index is 12.7. The van der Waals surface area contributed by atoms with Crippen LogP contribution in [0.3, 0.4) is 0 Å². The highest BCUT2D eigenvalue weighted by molar-refractivity contribution is 5.69. The van der Waals surface area contributed by atoms with E-state index >= 15 is 0 Å². The van der Waals surface area contributed by atoms with Crippen molar-refractivity contribution in [1.29, 1.82) is 0 Å². The number of hydrogen-bond donors (Lipinski definition) is 0. The minimum atomic E-state index is -4.48. The second kappa shape index (κ2) is 5.75. The average molecular weight is 262 g/mol. The molecule has 0 saturated heterocycles. The number of esters is 1. The average Bonchev–Trinajstić information content (AvgIpc) is 2.27. The number of para-hydroxylation sites is 1. The summed E-state index contributed by atoms with van der Waals surface area (Å²) in [7, 11) is 1.21. The molecule has 0 N–H and O–H groups in total. The van der Waals surface area contributed by atoms with Gasteiger partial charge in [0.25, 0.3) is 0 Å². The fourth-order valence-electron chi connectivity index (χ4n) is 1.38. The molecule has 3 nitrogen and oxygen atoms in total. The largest absolute Gasteiger partial charge is 0.489 e. The van der Waals surface area contributed by atoms with Gasteiger partial charge in [-0.2, -0.15) is 13.2 Å². The number of carbonyl (C=O) groups is 1. The van der Waals surface area contributed by atoms with Gasteiger partial charge in [0.2, 0.25) is 0 Å². The van der Waals surface area contributed by atoms with Crippen molar-refractivity contribution in [2.24, 2.45) is 0 Å². The Labute approximate surface area is 103 Å². The Morgan fingerprint density at radius 3 is 2.50 bits per heavy atom. The molecule has 0 aromatic heterocycles. The van der Waals surface area contributed by atoms with Gasteiger partial charge in [-0.15, -0.1) is 0 Å². The summed E-state index contributed by atoms with van der Waals surface area (Å²) >= 11 is 0. The lowest BCUT2D eigenvalue weighted by Gasteiger charge is -2.17. The zero-order chi connectivity index (χ0) is 13.8. The molecule has 0 radical (unpaired) electrons. The molecule has 0 spiro atoms. The van der Waals surface area contributed by atoms with Crippen LogP contribution < -0.4 is 4.74 Å². The molecule has 0 aliphatic carbocycles. The zero-order valence-corrected chi connectivity index (χ0v) is 9.95. The molecule has 0 bridgehead atoms. The summed E-state index contributed by atoms with van der Waals surface area (Å²) in [5.74, 6) is -0.826. The minimum Gasteiger partial charge on any atom is -0.489 e. The van der Waals surface area contributed by atoms with Gasteiger partial charge < -0.3 is 9.47 Å². The quantitative estimate of drug-likeness (QED) is 0.782. The van der Waals surface area contributed by atoms with Crippen LogP contribution in [0.25, 0.3) is 0 Å². The van der Waals surface area contributed by atoms with Crippen LogP contribution in [0.1, 0.15) is 18.9 Å². The van der Waals surface area contributed by atoms with Gasteiger partial charge in [-0.25, -0.2) is 0 Å². The first kappa shape index (κ1) is 14.3. The molecule has 0 heterocycles. The van der Waals surface area contributed by atoms with Gasteiger partial charge in [-0.05, 0) is 19.1 Å². The van der Waals surface area contributed by atoms with Crippen LogP contribution in [0, 0.1) is 0 Å². The van der Waals surface area contributed by atoms with Crippen molar-refractivity contribution in [1.82, 2.24) is 0 Å². The molecule has 1 aromatic carbocycles.